The van der Waals surface area contributed by atoms with Gasteiger partial charge in [0.15, 0.2) is 5.71 Å². The molecule has 0 aromatic heterocycles. The van der Waals surface area contributed by atoms with Crippen LogP contribution in [0.25, 0.3) is 0 Å². The average Bonchev–Trinajstić information content (AvgIpc) is 2.56. The molecule has 98 valence electrons. The summed E-state index contributed by atoms with van der Waals surface area (Å²) in [6.45, 7) is 13.8. The summed E-state index contributed by atoms with van der Waals surface area (Å²) in [7, 11) is 2.21. The van der Waals surface area contributed by atoms with Crippen LogP contribution < -0.4 is 0 Å². The van der Waals surface area contributed by atoms with Crippen LogP contribution in [0.2, 0.25) is 0 Å². The first-order valence-corrected chi connectivity index (χ1v) is 7.09. The minimum atomic E-state index is 0.213. The molecule has 1 heteroatoms. The van der Waals surface area contributed by atoms with Gasteiger partial charge in [-0.1, -0.05) is 13.8 Å². The fourth-order valence-corrected chi connectivity index (χ4v) is 3.46. The van der Waals surface area contributed by atoms with Crippen LogP contribution in [0.3, 0.4) is 0 Å². The van der Waals surface area contributed by atoms with Gasteiger partial charge in [-0.25, -0.2) is 4.58 Å². The van der Waals surface area contributed by atoms with Crippen LogP contribution in [0.5, 0.6) is 0 Å². The van der Waals surface area contributed by atoms with E-state index in [4.69, 9.17) is 0 Å². The van der Waals surface area contributed by atoms with Gasteiger partial charge in [0.05, 0.1) is 5.41 Å². The van der Waals surface area contributed by atoms with E-state index in [2.05, 4.69) is 59.2 Å². The molecule has 0 saturated carbocycles. The van der Waals surface area contributed by atoms with Crippen LogP contribution in [-0.4, -0.2) is 17.3 Å². The third kappa shape index (κ3) is 1.49. The molecular formula is C17H26N+. The van der Waals surface area contributed by atoms with E-state index in [1.165, 1.54) is 34.5 Å². The van der Waals surface area contributed by atoms with Gasteiger partial charge in [0, 0.05) is 18.6 Å². The van der Waals surface area contributed by atoms with E-state index in [1.807, 2.05) is 0 Å². The Bertz CT molecular complexity index is 537. The Morgan fingerprint density at radius 2 is 1.72 bits per heavy atom. The van der Waals surface area contributed by atoms with E-state index in [0.717, 1.165) is 6.42 Å². The highest BCUT2D eigenvalue weighted by Gasteiger charge is 2.45. The van der Waals surface area contributed by atoms with Crippen LogP contribution in [-0.2, 0) is 11.8 Å². The maximum atomic E-state index is 2.40. The van der Waals surface area contributed by atoms with Crippen molar-refractivity contribution in [2.75, 3.05) is 7.05 Å². The molecule has 0 aliphatic carbocycles. The molecule has 0 spiro atoms. The van der Waals surface area contributed by atoms with E-state index in [9.17, 15) is 0 Å². The molecule has 0 amide bonds. The molecule has 1 aliphatic rings. The highest BCUT2D eigenvalue weighted by molar-refractivity contribution is 5.94. The van der Waals surface area contributed by atoms with E-state index in [-0.39, 0.29) is 5.41 Å². The highest BCUT2D eigenvalue weighted by atomic mass is 15.0. The molecule has 0 saturated heterocycles. The SMILES string of the molecule is CCc1cc2c(c(C)c1C)C(C)(CC)C(C)=[N+]2C. The quantitative estimate of drug-likeness (QED) is 0.683. The van der Waals surface area contributed by atoms with Crippen molar-refractivity contribution in [2.45, 2.75) is 59.8 Å². The molecular weight excluding hydrogens is 218 g/mol. The van der Waals surface area contributed by atoms with Crippen molar-refractivity contribution in [3.63, 3.8) is 0 Å². The van der Waals surface area contributed by atoms with Crippen molar-refractivity contribution in [3.8, 4) is 0 Å². The third-order valence-electron chi connectivity index (χ3n) is 5.29. The molecule has 2 rings (SSSR count). The lowest BCUT2D eigenvalue weighted by Gasteiger charge is -2.23. The standard InChI is InChI=1S/C17H26N/c1-8-14-10-15-16(12(4)11(14)3)17(6,9-2)13(5)18(15)7/h10H,8-9H2,1-7H3/q+1. The van der Waals surface area contributed by atoms with Gasteiger partial charge in [-0.2, -0.15) is 0 Å². The monoisotopic (exact) mass is 244 g/mol. The fraction of sp³-hybridized carbons (Fsp3) is 0.588. The Labute approximate surface area is 112 Å². The van der Waals surface area contributed by atoms with Crippen LogP contribution in [0.15, 0.2) is 6.07 Å². The van der Waals surface area contributed by atoms with Gasteiger partial charge in [0.2, 0.25) is 5.69 Å². The molecule has 1 nitrogen and oxygen atoms in total. The highest BCUT2D eigenvalue weighted by Crippen LogP contribution is 2.45. The minimum absolute atomic E-state index is 0.213. The summed E-state index contributed by atoms with van der Waals surface area (Å²) in [5, 5.41) is 0. The fourth-order valence-electron chi connectivity index (χ4n) is 3.46. The molecule has 1 aliphatic heterocycles. The number of aryl methyl sites for hydroxylation is 1. The average molecular weight is 244 g/mol. The zero-order valence-electron chi connectivity index (χ0n) is 12.9. The molecule has 1 unspecified atom stereocenters. The van der Waals surface area contributed by atoms with Gasteiger partial charge in [-0.05, 0) is 50.3 Å². The Morgan fingerprint density at radius 1 is 1.11 bits per heavy atom. The second kappa shape index (κ2) is 4.22. The molecule has 1 atom stereocenters. The van der Waals surface area contributed by atoms with Crippen LogP contribution in [0, 0.1) is 13.8 Å². The Hall–Kier alpha value is -1.11. The summed E-state index contributed by atoms with van der Waals surface area (Å²) >= 11 is 0. The molecule has 0 bridgehead atoms. The van der Waals surface area contributed by atoms with E-state index in [1.54, 1.807) is 5.56 Å². The van der Waals surface area contributed by atoms with Crippen molar-refractivity contribution in [2.24, 2.45) is 0 Å². The number of benzene rings is 1. The van der Waals surface area contributed by atoms with Crippen molar-refractivity contribution in [3.05, 3.63) is 28.3 Å². The van der Waals surface area contributed by atoms with E-state index in [0.29, 0.717) is 0 Å². The molecule has 0 fully saturated rings. The smallest absolute Gasteiger partial charge is 0.202 e. The largest absolute Gasteiger partial charge is 0.209 e. The maximum Gasteiger partial charge on any atom is 0.209 e. The molecule has 1 aromatic carbocycles. The molecule has 1 aromatic rings. The summed E-state index contributed by atoms with van der Waals surface area (Å²) in [5.41, 5.74) is 9.15. The molecule has 18 heavy (non-hydrogen) atoms. The van der Waals surface area contributed by atoms with E-state index >= 15 is 0 Å². The molecule has 0 radical (unpaired) electrons. The number of rotatable bonds is 2. The van der Waals surface area contributed by atoms with Crippen LogP contribution >= 0.6 is 0 Å². The first kappa shape index (κ1) is 13.3. The number of nitrogens with zero attached hydrogens (tertiary/aromatic N) is 1. The van der Waals surface area contributed by atoms with Crippen LogP contribution in [0.4, 0.5) is 5.69 Å². The maximum absolute atomic E-state index is 2.40. The molecule has 0 N–H and O–H groups in total. The minimum Gasteiger partial charge on any atom is -0.202 e. The summed E-state index contributed by atoms with van der Waals surface area (Å²) in [4.78, 5) is 0. The van der Waals surface area contributed by atoms with Crippen molar-refractivity contribution in [1.82, 2.24) is 0 Å². The normalized spacial score (nSPS) is 22.6. The Morgan fingerprint density at radius 3 is 2.22 bits per heavy atom. The Balaban J connectivity index is 2.82. The molecule has 1 heterocycles. The summed E-state index contributed by atoms with van der Waals surface area (Å²) in [6, 6.07) is 2.40. The van der Waals surface area contributed by atoms with Gasteiger partial charge in [0.1, 0.15) is 7.05 Å². The van der Waals surface area contributed by atoms with Crippen molar-refractivity contribution >= 4 is 11.4 Å². The lowest BCUT2D eigenvalue weighted by Crippen LogP contribution is -2.29. The lowest BCUT2D eigenvalue weighted by molar-refractivity contribution is -0.403. The van der Waals surface area contributed by atoms with Gasteiger partial charge in [-0.3, -0.25) is 0 Å². The van der Waals surface area contributed by atoms with Gasteiger partial charge in [0.25, 0.3) is 0 Å². The third-order valence-corrected chi connectivity index (χ3v) is 5.29. The summed E-state index contributed by atoms with van der Waals surface area (Å²) in [5.74, 6) is 0. The predicted molar refractivity (Wildman–Crippen MR) is 79.5 cm³/mol. The van der Waals surface area contributed by atoms with E-state index < -0.39 is 0 Å². The zero-order chi connectivity index (χ0) is 13.7. The topological polar surface area (TPSA) is 3.01 Å². The van der Waals surface area contributed by atoms with Gasteiger partial charge >= 0.3 is 0 Å². The first-order chi connectivity index (χ1) is 8.38. The van der Waals surface area contributed by atoms with Gasteiger partial charge < -0.3 is 0 Å². The first-order valence-electron chi connectivity index (χ1n) is 7.09. The predicted octanol–water partition coefficient (Wildman–Crippen LogP) is 4.28. The van der Waals surface area contributed by atoms with Crippen LogP contribution in [0.1, 0.15) is 56.4 Å². The second-order valence-corrected chi connectivity index (χ2v) is 5.86. The van der Waals surface area contributed by atoms with Crippen molar-refractivity contribution in [1.29, 1.82) is 0 Å². The summed E-state index contributed by atoms with van der Waals surface area (Å²) in [6.07, 6.45) is 2.29. The zero-order valence-corrected chi connectivity index (χ0v) is 12.9. The summed E-state index contributed by atoms with van der Waals surface area (Å²) < 4.78 is 2.39. The van der Waals surface area contributed by atoms with Crippen molar-refractivity contribution < 1.29 is 4.58 Å². The van der Waals surface area contributed by atoms with Gasteiger partial charge in [-0.15, -0.1) is 0 Å². The number of hydrogen-bond donors (Lipinski definition) is 0. The Kier molecular flexibility index (Phi) is 3.12. The number of fused-ring (bicyclic) bond motifs is 1. The lowest BCUT2D eigenvalue weighted by atomic mass is 9.74. The number of hydrogen-bond acceptors (Lipinski definition) is 0. The second-order valence-electron chi connectivity index (χ2n) is 5.86.